The maximum atomic E-state index is 11.1. The summed E-state index contributed by atoms with van der Waals surface area (Å²) in [5.41, 5.74) is 1.69. The van der Waals surface area contributed by atoms with Crippen molar-refractivity contribution in [1.82, 2.24) is 4.98 Å². The SMILES string of the molecule is Cc1cc(-c2nc(C3CC3)c(C(=O)O)o2)sc1Br. The summed E-state index contributed by atoms with van der Waals surface area (Å²) < 4.78 is 6.43. The molecule has 0 aromatic carbocycles. The Hall–Kier alpha value is -1.14. The van der Waals surface area contributed by atoms with Crippen molar-refractivity contribution in [3.8, 4) is 10.8 Å². The van der Waals surface area contributed by atoms with Gasteiger partial charge in [-0.05, 0) is 47.3 Å². The second-order valence-electron chi connectivity index (χ2n) is 4.38. The van der Waals surface area contributed by atoms with Gasteiger partial charge in [-0.1, -0.05) is 0 Å². The Morgan fingerprint density at radius 3 is 2.83 bits per heavy atom. The van der Waals surface area contributed by atoms with E-state index in [1.54, 1.807) is 0 Å². The van der Waals surface area contributed by atoms with E-state index >= 15 is 0 Å². The van der Waals surface area contributed by atoms with Crippen molar-refractivity contribution in [3.05, 3.63) is 26.9 Å². The number of oxazole rings is 1. The zero-order valence-electron chi connectivity index (χ0n) is 9.57. The minimum atomic E-state index is -1.04. The summed E-state index contributed by atoms with van der Waals surface area (Å²) in [4.78, 5) is 16.3. The number of aromatic nitrogens is 1. The van der Waals surface area contributed by atoms with Crippen LogP contribution >= 0.6 is 27.3 Å². The summed E-state index contributed by atoms with van der Waals surface area (Å²) in [7, 11) is 0. The highest BCUT2D eigenvalue weighted by atomic mass is 79.9. The zero-order chi connectivity index (χ0) is 12.9. The van der Waals surface area contributed by atoms with Gasteiger partial charge in [-0.3, -0.25) is 0 Å². The molecule has 1 saturated carbocycles. The van der Waals surface area contributed by atoms with E-state index in [-0.39, 0.29) is 11.7 Å². The molecule has 1 aliphatic carbocycles. The molecule has 1 N–H and O–H groups in total. The first kappa shape index (κ1) is 11.9. The maximum absolute atomic E-state index is 11.1. The summed E-state index contributed by atoms with van der Waals surface area (Å²) in [5.74, 6) is -0.371. The van der Waals surface area contributed by atoms with Crippen LogP contribution in [0.5, 0.6) is 0 Å². The Bertz CT molecular complexity index is 608. The Morgan fingerprint density at radius 2 is 2.33 bits per heavy atom. The number of rotatable bonds is 3. The molecule has 18 heavy (non-hydrogen) atoms. The van der Waals surface area contributed by atoms with E-state index in [1.807, 2.05) is 13.0 Å². The van der Waals surface area contributed by atoms with Gasteiger partial charge in [0.1, 0.15) is 0 Å². The summed E-state index contributed by atoms with van der Waals surface area (Å²) in [6, 6.07) is 1.95. The first-order valence-corrected chi connectivity index (χ1v) is 7.17. The van der Waals surface area contributed by atoms with Gasteiger partial charge in [0.2, 0.25) is 11.7 Å². The molecule has 0 unspecified atom stereocenters. The van der Waals surface area contributed by atoms with E-state index in [1.165, 1.54) is 11.3 Å². The van der Waals surface area contributed by atoms with Gasteiger partial charge in [0, 0.05) is 5.92 Å². The van der Waals surface area contributed by atoms with Gasteiger partial charge in [0.25, 0.3) is 0 Å². The van der Waals surface area contributed by atoms with E-state index in [0.29, 0.717) is 11.6 Å². The Kier molecular flexibility index (Phi) is 2.79. The van der Waals surface area contributed by atoms with E-state index in [4.69, 9.17) is 9.52 Å². The average Bonchev–Trinajstić information content (AvgIpc) is 2.97. The lowest BCUT2D eigenvalue weighted by molar-refractivity contribution is 0.0661. The number of aryl methyl sites for hydroxylation is 1. The number of halogens is 1. The minimum absolute atomic E-state index is 0.00493. The number of hydrogen-bond donors (Lipinski definition) is 1. The van der Waals surface area contributed by atoms with Crippen molar-refractivity contribution in [3.63, 3.8) is 0 Å². The normalized spacial score (nSPS) is 15.0. The van der Waals surface area contributed by atoms with Crippen molar-refractivity contribution in [2.45, 2.75) is 25.7 Å². The predicted octanol–water partition coefficient (Wildman–Crippen LogP) is 4.05. The van der Waals surface area contributed by atoms with Crippen LogP contribution in [-0.2, 0) is 0 Å². The first-order chi connectivity index (χ1) is 8.56. The summed E-state index contributed by atoms with van der Waals surface area (Å²) in [6.07, 6.45) is 2.00. The first-order valence-electron chi connectivity index (χ1n) is 5.56. The molecule has 2 aromatic heterocycles. The molecule has 1 aliphatic rings. The van der Waals surface area contributed by atoms with Gasteiger partial charge in [-0.15, -0.1) is 11.3 Å². The van der Waals surface area contributed by atoms with Crippen LogP contribution in [0.3, 0.4) is 0 Å². The van der Waals surface area contributed by atoms with Gasteiger partial charge in [-0.2, -0.15) is 0 Å². The molecule has 0 bridgehead atoms. The molecule has 2 heterocycles. The van der Waals surface area contributed by atoms with Gasteiger partial charge >= 0.3 is 5.97 Å². The molecule has 6 heteroatoms. The predicted molar refractivity (Wildman–Crippen MR) is 71.2 cm³/mol. The van der Waals surface area contributed by atoms with Crippen molar-refractivity contribution >= 4 is 33.2 Å². The molecule has 0 spiro atoms. The average molecular weight is 328 g/mol. The molecule has 0 atom stereocenters. The molecule has 3 rings (SSSR count). The standard InChI is InChI=1S/C12H10BrNO3S/c1-5-4-7(18-10(5)13)11-14-8(6-2-3-6)9(17-11)12(15)16/h4,6H,2-3H2,1H3,(H,15,16). The van der Waals surface area contributed by atoms with Crippen LogP contribution in [0.1, 0.15) is 40.6 Å². The number of carboxylic acid groups (broad SMARTS) is 1. The number of thiophene rings is 1. The monoisotopic (exact) mass is 327 g/mol. The van der Waals surface area contributed by atoms with Crippen LogP contribution in [0.25, 0.3) is 10.8 Å². The highest BCUT2D eigenvalue weighted by molar-refractivity contribution is 9.11. The van der Waals surface area contributed by atoms with E-state index in [9.17, 15) is 4.79 Å². The maximum Gasteiger partial charge on any atom is 0.373 e. The Morgan fingerprint density at radius 1 is 1.61 bits per heavy atom. The van der Waals surface area contributed by atoms with Gasteiger partial charge in [-0.25, -0.2) is 9.78 Å². The fraction of sp³-hybridized carbons (Fsp3) is 0.333. The lowest BCUT2D eigenvalue weighted by atomic mass is 10.2. The van der Waals surface area contributed by atoms with Gasteiger partial charge < -0.3 is 9.52 Å². The van der Waals surface area contributed by atoms with E-state index in [0.717, 1.165) is 27.1 Å². The second-order valence-corrected chi connectivity index (χ2v) is 6.75. The smallest absolute Gasteiger partial charge is 0.373 e. The topological polar surface area (TPSA) is 63.3 Å². The number of hydrogen-bond acceptors (Lipinski definition) is 4. The second kappa shape index (κ2) is 4.20. The highest BCUT2D eigenvalue weighted by Gasteiger charge is 2.34. The van der Waals surface area contributed by atoms with Crippen molar-refractivity contribution in [2.24, 2.45) is 0 Å². The molecule has 2 aromatic rings. The minimum Gasteiger partial charge on any atom is -0.475 e. The van der Waals surface area contributed by atoms with Gasteiger partial charge in [0.05, 0.1) is 14.4 Å². The molecule has 1 fully saturated rings. The van der Waals surface area contributed by atoms with Crippen LogP contribution in [0.15, 0.2) is 14.3 Å². The third kappa shape index (κ3) is 1.99. The summed E-state index contributed by atoms with van der Waals surface area (Å²) in [5, 5.41) is 9.12. The zero-order valence-corrected chi connectivity index (χ0v) is 12.0. The lowest BCUT2D eigenvalue weighted by Crippen LogP contribution is -1.98. The lowest BCUT2D eigenvalue weighted by Gasteiger charge is -1.89. The molecule has 0 amide bonds. The van der Waals surface area contributed by atoms with Crippen molar-refractivity contribution < 1.29 is 14.3 Å². The van der Waals surface area contributed by atoms with Crippen LogP contribution in [0, 0.1) is 6.92 Å². The number of carbonyl (C=O) groups is 1. The number of nitrogens with zero attached hydrogens (tertiary/aromatic N) is 1. The fourth-order valence-electron chi connectivity index (χ4n) is 1.79. The largest absolute Gasteiger partial charge is 0.475 e. The highest BCUT2D eigenvalue weighted by Crippen LogP contribution is 2.43. The van der Waals surface area contributed by atoms with Gasteiger partial charge in [0.15, 0.2) is 0 Å². The third-order valence-corrected chi connectivity index (χ3v) is 5.00. The van der Waals surface area contributed by atoms with Crippen LogP contribution in [0.2, 0.25) is 0 Å². The Balaban J connectivity index is 2.07. The molecule has 0 radical (unpaired) electrons. The van der Waals surface area contributed by atoms with Crippen molar-refractivity contribution in [2.75, 3.05) is 0 Å². The van der Waals surface area contributed by atoms with E-state index < -0.39 is 5.97 Å². The number of aromatic carboxylic acids is 1. The quantitative estimate of drug-likeness (QED) is 0.923. The molecule has 0 saturated heterocycles. The van der Waals surface area contributed by atoms with E-state index in [2.05, 4.69) is 20.9 Å². The van der Waals surface area contributed by atoms with Crippen LogP contribution in [0.4, 0.5) is 0 Å². The Labute approximate surface area is 116 Å². The summed E-state index contributed by atoms with van der Waals surface area (Å²) >= 11 is 4.94. The van der Waals surface area contributed by atoms with Crippen LogP contribution < -0.4 is 0 Å². The molecular weight excluding hydrogens is 318 g/mol. The fourth-order valence-corrected chi connectivity index (χ4v) is 3.25. The molecule has 4 nitrogen and oxygen atoms in total. The van der Waals surface area contributed by atoms with Crippen molar-refractivity contribution in [1.29, 1.82) is 0 Å². The molecule has 94 valence electrons. The molecular formula is C12H10BrNO3S. The third-order valence-electron chi connectivity index (χ3n) is 2.88. The summed E-state index contributed by atoms with van der Waals surface area (Å²) in [6.45, 7) is 1.98. The van der Waals surface area contributed by atoms with Crippen LogP contribution in [-0.4, -0.2) is 16.1 Å². The number of carboxylic acids is 1. The molecule has 0 aliphatic heterocycles.